The molecule has 0 saturated heterocycles. The van der Waals surface area contributed by atoms with Gasteiger partial charge in [0, 0.05) is 38.2 Å². The van der Waals surface area contributed by atoms with Crippen LogP contribution in [-0.2, 0) is 0 Å². The molecule has 3 aromatic heterocycles. The molecule has 0 unspecified atom stereocenters. The number of fused-ring (bicyclic) bond motifs is 6. The second kappa shape index (κ2) is 10.8. The van der Waals surface area contributed by atoms with E-state index in [2.05, 4.69) is 21.5 Å². The van der Waals surface area contributed by atoms with E-state index in [1.807, 2.05) is 54.6 Å². The molecule has 0 N–H and O–H groups in total. The Balaban J connectivity index is 1.27. The van der Waals surface area contributed by atoms with Crippen LogP contribution in [-0.4, -0.2) is 19.4 Å². The van der Waals surface area contributed by atoms with Gasteiger partial charge in [-0.2, -0.15) is 0 Å². The number of rotatable bonds is 4. The minimum absolute atomic E-state index is 0.119. The minimum atomic E-state index is -0.781. The minimum Gasteiger partial charge on any atom is -0.308 e. The summed E-state index contributed by atoms with van der Waals surface area (Å²) in [6, 6.07) is 12.1. The fraction of sp³-hybridized carbons (Fsp3) is 0. The van der Waals surface area contributed by atoms with Gasteiger partial charge >= 0.3 is 0 Å². The SMILES string of the molecule is [2H]c1c([2H])c([2H])c(-c2c([2H])c([2H])c(-c3nc(-c4ccc5c6c4cccc6c4cccc6c7ccccc7n5c46)nc(-c4c([2H])c([2H])c([2H])c5c([2H])c([2H])c([2H])c([2H])c45)n3)c([2H])c2[2H])c([2H])c1[2H]. The Morgan fingerprint density at radius 2 is 1.02 bits per heavy atom. The Kier molecular flexibility index (Phi) is 3.53. The van der Waals surface area contributed by atoms with Crippen LogP contribution < -0.4 is 0 Å². The van der Waals surface area contributed by atoms with Gasteiger partial charge in [-0.15, -0.1) is 0 Å². The molecular formula is C47H28N4. The number of aromatic nitrogens is 4. The first-order valence-electron chi connectivity index (χ1n) is 24.0. The summed E-state index contributed by atoms with van der Waals surface area (Å²) >= 11 is 0. The van der Waals surface area contributed by atoms with Gasteiger partial charge in [0.1, 0.15) is 0 Å². The number of nitrogens with zero attached hydrogens (tertiary/aromatic N) is 4. The molecule has 3 heterocycles. The lowest BCUT2D eigenvalue weighted by Gasteiger charge is -2.16. The molecule has 51 heavy (non-hydrogen) atoms. The van der Waals surface area contributed by atoms with Crippen molar-refractivity contribution in [2.75, 3.05) is 0 Å². The highest BCUT2D eigenvalue weighted by molar-refractivity contribution is 6.28. The van der Waals surface area contributed by atoms with Crippen molar-refractivity contribution < 1.29 is 21.9 Å². The molecular weight excluding hydrogens is 621 g/mol. The van der Waals surface area contributed by atoms with Crippen LogP contribution in [0, 0.1) is 0 Å². The summed E-state index contributed by atoms with van der Waals surface area (Å²) in [5.74, 6) is -1.04. The highest BCUT2D eigenvalue weighted by Crippen LogP contribution is 2.43. The summed E-state index contributed by atoms with van der Waals surface area (Å²) in [4.78, 5) is 14.2. The van der Waals surface area contributed by atoms with E-state index in [0.717, 1.165) is 43.5 Å². The van der Waals surface area contributed by atoms with E-state index >= 15 is 0 Å². The predicted octanol–water partition coefficient (Wildman–Crippen LogP) is 12.0. The van der Waals surface area contributed by atoms with E-state index in [0.29, 0.717) is 10.9 Å². The third-order valence-corrected chi connectivity index (χ3v) is 9.26. The lowest BCUT2D eigenvalue weighted by atomic mass is 9.96. The molecule has 0 aliphatic carbocycles. The molecule has 0 fully saturated rings. The van der Waals surface area contributed by atoms with E-state index in [-0.39, 0.29) is 22.2 Å². The monoisotopic (exact) mass is 664 g/mol. The average Bonchev–Trinajstić information content (AvgIpc) is 3.67. The van der Waals surface area contributed by atoms with Crippen LogP contribution in [0.25, 0.3) is 105 Å². The van der Waals surface area contributed by atoms with Crippen molar-refractivity contribution in [3.63, 3.8) is 0 Å². The maximum atomic E-state index is 9.31. The lowest BCUT2D eigenvalue weighted by molar-refractivity contribution is 1.08. The molecule has 0 amide bonds. The van der Waals surface area contributed by atoms with Gasteiger partial charge in [0.2, 0.25) is 0 Å². The van der Waals surface area contributed by atoms with Crippen LogP contribution >= 0.6 is 0 Å². The Morgan fingerprint density at radius 3 is 1.88 bits per heavy atom. The summed E-state index contributed by atoms with van der Waals surface area (Å²) in [6.45, 7) is 0. The Hall–Kier alpha value is -6.91. The van der Waals surface area contributed by atoms with Gasteiger partial charge in [-0.05, 0) is 50.9 Å². The van der Waals surface area contributed by atoms with Crippen LogP contribution in [0.2, 0.25) is 0 Å². The normalized spacial score (nSPS) is 16.3. The van der Waals surface area contributed by atoms with E-state index in [1.165, 1.54) is 0 Å². The summed E-state index contributed by atoms with van der Waals surface area (Å²) in [5, 5.41) is 4.71. The number of hydrogen-bond acceptors (Lipinski definition) is 3. The zero-order valence-electron chi connectivity index (χ0n) is 42.2. The first-order valence-corrected chi connectivity index (χ1v) is 16.0. The molecule has 11 aromatic rings. The molecule has 11 rings (SSSR count). The standard InChI is InChI=1S/C47H28N4/c1-2-11-29(12-3-1)30-23-25-32(26-24-30)45-48-46(39-21-8-14-31-13-4-5-15-33(31)39)50-47(49-45)40-27-28-42-43-35(17-9-18-36(40)43)38-20-10-19-37-34-16-6-7-22-41(34)51(42)44(37)38/h1-28H/i1D,2D,3D,4D,5D,8D,11D,12D,13D,14D,15D,21D,23D,24D,25D,26D. The fourth-order valence-corrected chi connectivity index (χ4v) is 7.10. The molecule has 236 valence electrons. The number of benzene rings is 8. The second-order valence-electron chi connectivity index (χ2n) is 12.0. The maximum absolute atomic E-state index is 9.31. The van der Waals surface area contributed by atoms with Crippen molar-refractivity contribution >= 4 is 59.6 Å². The van der Waals surface area contributed by atoms with Crippen LogP contribution in [0.1, 0.15) is 21.9 Å². The molecule has 0 radical (unpaired) electrons. The predicted molar refractivity (Wildman–Crippen MR) is 211 cm³/mol. The van der Waals surface area contributed by atoms with Crippen LogP contribution in [0.15, 0.2) is 169 Å². The van der Waals surface area contributed by atoms with Crippen LogP contribution in [0.4, 0.5) is 0 Å². The highest BCUT2D eigenvalue weighted by atomic mass is 15.0. The number of pyridine rings is 1. The average molecular weight is 665 g/mol. The molecule has 0 spiro atoms. The summed E-state index contributed by atoms with van der Waals surface area (Å²) in [6.07, 6.45) is 0. The van der Waals surface area contributed by atoms with Crippen molar-refractivity contribution in [3.8, 4) is 45.3 Å². The van der Waals surface area contributed by atoms with Gasteiger partial charge in [0.05, 0.1) is 38.5 Å². The number of para-hydroxylation sites is 2. The summed E-state index contributed by atoms with van der Waals surface area (Å²) < 4.78 is 142. The molecule has 0 aliphatic heterocycles. The molecule has 0 atom stereocenters. The molecule has 0 saturated carbocycles. The van der Waals surface area contributed by atoms with Crippen LogP contribution in [0.3, 0.4) is 0 Å². The van der Waals surface area contributed by atoms with Gasteiger partial charge in [-0.25, -0.2) is 15.0 Å². The zero-order valence-corrected chi connectivity index (χ0v) is 26.2. The molecule has 0 aliphatic rings. The smallest absolute Gasteiger partial charge is 0.164 e. The fourth-order valence-electron chi connectivity index (χ4n) is 7.10. The van der Waals surface area contributed by atoms with Crippen molar-refractivity contribution in [1.29, 1.82) is 0 Å². The van der Waals surface area contributed by atoms with E-state index in [4.69, 9.17) is 27.8 Å². The third-order valence-electron chi connectivity index (χ3n) is 9.26. The largest absolute Gasteiger partial charge is 0.308 e. The molecule has 0 bridgehead atoms. The Labute approximate surface area is 315 Å². The third kappa shape index (κ3) is 4.17. The molecule has 4 nitrogen and oxygen atoms in total. The van der Waals surface area contributed by atoms with E-state index in [9.17, 15) is 4.11 Å². The molecule has 4 heteroatoms. The van der Waals surface area contributed by atoms with Crippen molar-refractivity contribution in [1.82, 2.24) is 19.4 Å². The van der Waals surface area contributed by atoms with Gasteiger partial charge in [-0.3, -0.25) is 0 Å². The molecule has 8 aromatic carbocycles. The first kappa shape index (κ1) is 16.7. The van der Waals surface area contributed by atoms with Crippen LogP contribution in [0.5, 0.6) is 0 Å². The highest BCUT2D eigenvalue weighted by Gasteiger charge is 2.21. The van der Waals surface area contributed by atoms with E-state index in [1.54, 1.807) is 6.07 Å². The van der Waals surface area contributed by atoms with Gasteiger partial charge in [0.15, 0.2) is 17.5 Å². The van der Waals surface area contributed by atoms with Gasteiger partial charge in [0.25, 0.3) is 0 Å². The summed E-state index contributed by atoms with van der Waals surface area (Å²) in [5.41, 5.74) is 1.20. The van der Waals surface area contributed by atoms with E-state index < -0.39 is 125 Å². The van der Waals surface area contributed by atoms with Crippen molar-refractivity contribution in [2.45, 2.75) is 0 Å². The quantitative estimate of drug-likeness (QED) is 0.139. The van der Waals surface area contributed by atoms with Gasteiger partial charge < -0.3 is 4.40 Å². The zero-order chi connectivity index (χ0) is 47.4. The lowest BCUT2D eigenvalue weighted by Crippen LogP contribution is -2.01. The first-order chi connectivity index (χ1) is 32.0. The topological polar surface area (TPSA) is 43.1 Å². The number of hydrogen-bond donors (Lipinski definition) is 0. The summed E-state index contributed by atoms with van der Waals surface area (Å²) in [7, 11) is 0. The van der Waals surface area contributed by atoms with Crippen molar-refractivity contribution in [3.05, 3.63) is 169 Å². The Morgan fingerprint density at radius 1 is 0.392 bits per heavy atom. The Bertz CT molecular complexity index is 4010. The second-order valence-corrected chi connectivity index (χ2v) is 12.0. The maximum Gasteiger partial charge on any atom is 0.164 e. The van der Waals surface area contributed by atoms with Crippen molar-refractivity contribution in [2.24, 2.45) is 0 Å². The van der Waals surface area contributed by atoms with Gasteiger partial charge in [-0.1, -0.05) is 151 Å².